The molecule has 0 radical (unpaired) electrons. The summed E-state index contributed by atoms with van der Waals surface area (Å²) in [6.45, 7) is 7.28. The largest absolute Gasteiger partial charge is 0.482 e. The van der Waals surface area contributed by atoms with Gasteiger partial charge in [0.25, 0.3) is 5.91 Å². The Labute approximate surface area is 178 Å². The van der Waals surface area contributed by atoms with E-state index in [9.17, 15) is 18.0 Å². The van der Waals surface area contributed by atoms with Crippen molar-refractivity contribution in [2.24, 2.45) is 11.8 Å². The number of carbonyl (C=O) groups is 2. The van der Waals surface area contributed by atoms with Gasteiger partial charge in [0.1, 0.15) is 12.3 Å². The van der Waals surface area contributed by atoms with Gasteiger partial charge < -0.3 is 10.1 Å². The number of sulfonamides is 1. The van der Waals surface area contributed by atoms with Crippen molar-refractivity contribution in [3.8, 4) is 5.75 Å². The van der Waals surface area contributed by atoms with Crippen LogP contribution in [0.3, 0.4) is 0 Å². The zero-order chi connectivity index (χ0) is 21.9. The number of fused-ring (bicyclic) bond motifs is 1. The van der Waals surface area contributed by atoms with E-state index in [2.05, 4.69) is 19.2 Å². The van der Waals surface area contributed by atoms with Gasteiger partial charge in [0.15, 0.2) is 6.61 Å². The predicted molar refractivity (Wildman–Crippen MR) is 114 cm³/mol. The Kier molecular flexibility index (Phi) is 7.02. The fourth-order valence-corrected chi connectivity index (χ4v) is 5.77. The molecule has 2 aliphatic heterocycles. The standard InChI is InChI=1S/C21H31N3O5S/c1-4-5-8-22-20(25)13-24-18-10-17(6-7-19(18)29-14-21(24)26)30(27,28)23-11-15(2)9-16(3)12-23/h6-7,10,15-16H,4-5,8-9,11-14H2,1-3H3,(H,22,25)/t15-,16+. The number of rotatable bonds is 7. The average Bonchev–Trinajstić information content (AvgIpc) is 2.69. The van der Waals surface area contributed by atoms with Crippen LogP contribution in [0.15, 0.2) is 23.1 Å². The summed E-state index contributed by atoms with van der Waals surface area (Å²) in [5, 5.41) is 2.79. The van der Waals surface area contributed by atoms with Crippen LogP contribution in [0.5, 0.6) is 5.75 Å². The Morgan fingerprint density at radius 2 is 1.93 bits per heavy atom. The van der Waals surface area contributed by atoms with Crippen molar-refractivity contribution in [3.63, 3.8) is 0 Å². The summed E-state index contributed by atoms with van der Waals surface area (Å²) in [6.07, 6.45) is 2.81. The molecular formula is C21H31N3O5S. The molecule has 8 nitrogen and oxygen atoms in total. The minimum absolute atomic E-state index is 0.109. The number of nitrogens with zero attached hydrogens (tertiary/aromatic N) is 2. The fraction of sp³-hybridized carbons (Fsp3) is 0.619. The van der Waals surface area contributed by atoms with Gasteiger partial charge in [-0.3, -0.25) is 14.5 Å². The van der Waals surface area contributed by atoms with Gasteiger partial charge >= 0.3 is 0 Å². The topological polar surface area (TPSA) is 96.0 Å². The first-order valence-corrected chi connectivity index (χ1v) is 12.0. The molecule has 0 aliphatic carbocycles. The van der Waals surface area contributed by atoms with Crippen LogP contribution in [-0.4, -0.2) is 57.3 Å². The lowest BCUT2D eigenvalue weighted by atomic mass is 9.94. The van der Waals surface area contributed by atoms with Crippen molar-refractivity contribution in [2.45, 2.75) is 44.9 Å². The second kappa shape index (κ2) is 9.34. The van der Waals surface area contributed by atoms with E-state index in [-0.39, 0.29) is 41.7 Å². The quantitative estimate of drug-likeness (QED) is 0.658. The molecule has 2 aliphatic rings. The zero-order valence-corrected chi connectivity index (χ0v) is 18.7. The summed E-state index contributed by atoms with van der Waals surface area (Å²) in [5.41, 5.74) is 0.316. The molecule has 1 aromatic rings. The first kappa shape index (κ1) is 22.6. The van der Waals surface area contributed by atoms with E-state index in [1.54, 1.807) is 6.07 Å². The average molecular weight is 438 g/mol. The third-order valence-corrected chi connectivity index (χ3v) is 7.33. The number of nitrogens with one attached hydrogen (secondary N) is 1. The van der Waals surface area contributed by atoms with Crippen LogP contribution in [-0.2, 0) is 19.6 Å². The summed E-state index contributed by atoms with van der Waals surface area (Å²) in [5.74, 6) is 0.318. The highest BCUT2D eigenvalue weighted by molar-refractivity contribution is 7.89. The molecule has 3 rings (SSSR count). The molecule has 0 aromatic heterocycles. The first-order chi connectivity index (χ1) is 14.2. The maximum atomic E-state index is 13.3. The lowest BCUT2D eigenvalue weighted by Crippen LogP contribution is -2.45. The molecule has 30 heavy (non-hydrogen) atoms. The molecule has 0 saturated carbocycles. The second-order valence-corrected chi connectivity index (χ2v) is 10.3. The second-order valence-electron chi connectivity index (χ2n) is 8.37. The number of benzene rings is 1. The highest BCUT2D eigenvalue weighted by Crippen LogP contribution is 2.36. The Balaban J connectivity index is 1.86. The van der Waals surface area contributed by atoms with Gasteiger partial charge in [0.2, 0.25) is 15.9 Å². The zero-order valence-electron chi connectivity index (χ0n) is 17.9. The summed E-state index contributed by atoms with van der Waals surface area (Å²) in [6, 6.07) is 4.52. The van der Waals surface area contributed by atoms with Gasteiger partial charge in [-0.2, -0.15) is 4.31 Å². The van der Waals surface area contributed by atoms with Gasteiger partial charge in [0.05, 0.1) is 10.6 Å². The minimum atomic E-state index is -3.71. The Bertz CT molecular complexity index is 892. The Morgan fingerprint density at radius 3 is 2.60 bits per heavy atom. The van der Waals surface area contributed by atoms with Gasteiger partial charge in [-0.25, -0.2) is 8.42 Å². The number of hydrogen-bond donors (Lipinski definition) is 1. The molecule has 1 saturated heterocycles. The van der Waals surface area contributed by atoms with Crippen molar-refractivity contribution in [1.82, 2.24) is 9.62 Å². The van der Waals surface area contributed by atoms with Gasteiger partial charge in [-0.1, -0.05) is 27.2 Å². The summed E-state index contributed by atoms with van der Waals surface area (Å²) in [7, 11) is -3.71. The van der Waals surface area contributed by atoms with Gasteiger partial charge in [0, 0.05) is 19.6 Å². The molecule has 2 amide bonds. The minimum Gasteiger partial charge on any atom is -0.482 e. The molecule has 2 atom stereocenters. The van der Waals surface area contributed by atoms with E-state index in [4.69, 9.17) is 4.74 Å². The van der Waals surface area contributed by atoms with Crippen LogP contribution < -0.4 is 15.0 Å². The first-order valence-electron chi connectivity index (χ1n) is 10.6. The van der Waals surface area contributed by atoms with Crippen molar-refractivity contribution >= 4 is 27.5 Å². The molecule has 1 aromatic carbocycles. The fourth-order valence-electron chi connectivity index (χ4n) is 4.07. The van der Waals surface area contributed by atoms with E-state index in [1.807, 2.05) is 6.92 Å². The van der Waals surface area contributed by atoms with E-state index >= 15 is 0 Å². The lowest BCUT2D eigenvalue weighted by Gasteiger charge is -2.34. The number of hydrogen-bond acceptors (Lipinski definition) is 5. The number of carbonyl (C=O) groups excluding carboxylic acids is 2. The predicted octanol–water partition coefficient (Wildman–Crippen LogP) is 1.99. The van der Waals surface area contributed by atoms with Crippen molar-refractivity contribution in [1.29, 1.82) is 0 Å². The van der Waals surface area contributed by atoms with Gasteiger partial charge in [-0.05, 0) is 42.9 Å². The van der Waals surface area contributed by atoms with Crippen LogP contribution in [0.1, 0.15) is 40.0 Å². The Hall–Kier alpha value is -2.13. The van der Waals surface area contributed by atoms with Crippen LogP contribution in [0.4, 0.5) is 5.69 Å². The van der Waals surface area contributed by atoms with Crippen LogP contribution in [0.25, 0.3) is 0 Å². The van der Waals surface area contributed by atoms with E-state index in [1.165, 1.54) is 21.3 Å². The number of piperidine rings is 1. The molecule has 166 valence electrons. The SMILES string of the molecule is CCCCNC(=O)CN1C(=O)COc2ccc(S(=O)(=O)N3C[C@H](C)C[C@H](C)C3)cc21. The molecule has 1 fully saturated rings. The number of ether oxygens (including phenoxy) is 1. The monoisotopic (exact) mass is 437 g/mol. The Morgan fingerprint density at radius 1 is 1.23 bits per heavy atom. The summed E-state index contributed by atoms with van der Waals surface area (Å²) < 4.78 is 33.5. The normalized spacial score (nSPS) is 22.4. The van der Waals surface area contributed by atoms with E-state index in [0.29, 0.717) is 31.1 Å². The number of amides is 2. The molecule has 2 heterocycles. The van der Waals surface area contributed by atoms with Crippen LogP contribution in [0.2, 0.25) is 0 Å². The highest BCUT2D eigenvalue weighted by atomic mass is 32.2. The van der Waals surface area contributed by atoms with E-state index in [0.717, 1.165) is 19.3 Å². The molecule has 1 N–H and O–H groups in total. The van der Waals surface area contributed by atoms with E-state index < -0.39 is 10.0 Å². The number of unbranched alkanes of at least 4 members (excludes halogenated alkanes) is 1. The highest BCUT2D eigenvalue weighted by Gasteiger charge is 2.34. The van der Waals surface area contributed by atoms with Crippen LogP contribution in [0, 0.1) is 11.8 Å². The van der Waals surface area contributed by atoms with Crippen LogP contribution >= 0.6 is 0 Å². The van der Waals surface area contributed by atoms with Crippen molar-refractivity contribution in [3.05, 3.63) is 18.2 Å². The molecule has 0 unspecified atom stereocenters. The molecule has 0 bridgehead atoms. The smallest absolute Gasteiger partial charge is 0.265 e. The van der Waals surface area contributed by atoms with Crippen molar-refractivity contribution in [2.75, 3.05) is 37.7 Å². The number of anilines is 1. The third kappa shape index (κ3) is 4.95. The lowest BCUT2D eigenvalue weighted by molar-refractivity contribution is -0.125. The molecule has 0 spiro atoms. The van der Waals surface area contributed by atoms with Crippen molar-refractivity contribution < 1.29 is 22.7 Å². The summed E-state index contributed by atoms with van der Waals surface area (Å²) in [4.78, 5) is 26.1. The maximum absolute atomic E-state index is 13.3. The molecule has 9 heteroatoms. The summed E-state index contributed by atoms with van der Waals surface area (Å²) >= 11 is 0. The third-order valence-electron chi connectivity index (χ3n) is 5.50. The molecular weight excluding hydrogens is 406 g/mol. The maximum Gasteiger partial charge on any atom is 0.265 e. The van der Waals surface area contributed by atoms with Gasteiger partial charge in [-0.15, -0.1) is 0 Å².